The van der Waals surface area contributed by atoms with Crippen LogP contribution in [0.25, 0.3) is 0 Å². The molecule has 0 bridgehead atoms. The molecule has 15 heavy (non-hydrogen) atoms. The molecule has 0 radical (unpaired) electrons. The van der Waals surface area contributed by atoms with Crippen LogP contribution in [-0.2, 0) is 4.79 Å². The highest BCUT2D eigenvalue weighted by Gasteiger charge is 2.26. The SMILES string of the molecule is CCCCCCCCCC(C)(N)C(=O)O. The van der Waals surface area contributed by atoms with Gasteiger partial charge in [0.1, 0.15) is 5.54 Å². The first-order chi connectivity index (χ1) is 7.00. The molecule has 0 rings (SSSR count). The van der Waals surface area contributed by atoms with Crippen LogP contribution in [0.5, 0.6) is 0 Å². The molecule has 0 aromatic heterocycles. The first kappa shape index (κ1) is 14.4. The van der Waals surface area contributed by atoms with Crippen LogP contribution >= 0.6 is 0 Å². The lowest BCUT2D eigenvalue weighted by Gasteiger charge is -2.18. The first-order valence-electron chi connectivity index (χ1n) is 6.03. The van der Waals surface area contributed by atoms with Gasteiger partial charge in [-0.25, -0.2) is 0 Å². The van der Waals surface area contributed by atoms with E-state index in [2.05, 4.69) is 6.92 Å². The van der Waals surface area contributed by atoms with Crippen LogP contribution in [0.3, 0.4) is 0 Å². The monoisotopic (exact) mass is 215 g/mol. The normalized spacial score (nSPS) is 14.9. The van der Waals surface area contributed by atoms with Crippen molar-refractivity contribution in [2.24, 2.45) is 5.73 Å². The van der Waals surface area contributed by atoms with E-state index in [4.69, 9.17) is 10.8 Å². The van der Waals surface area contributed by atoms with Crippen LogP contribution in [0, 0.1) is 0 Å². The van der Waals surface area contributed by atoms with E-state index in [1.807, 2.05) is 0 Å². The van der Waals surface area contributed by atoms with E-state index in [9.17, 15) is 4.79 Å². The van der Waals surface area contributed by atoms with Gasteiger partial charge in [-0.1, -0.05) is 51.9 Å². The lowest BCUT2D eigenvalue weighted by atomic mass is 9.95. The zero-order valence-electron chi connectivity index (χ0n) is 10.1. The summed E-state index contributed by atoms with van der Waals surface area (Å²) in [6.45, 7) is 3.79. The number of hydrogen-bond acceptors (Lipinski definition) is 2. The maximum Gasteiger partial charge on any atom is 0.323 e. The van der Waals surface area contributed by atoms with Crippen molar-refractivity contribution in [3.8, 4) is 0 Å². The minimum atomic E-state index is -1.04. The Kier molecular flexibility index (Phi) is 7.39. The van der Waals surface area contributed by atoms with Gasteiger partial charge in [-0.05, 0) is 13.3 Å². The molecular formula is C12H25NO2. The van der Waals surface area contributed by atoms with Gasteiger partial charge < -0.3 is 10.8 Å². The third-order valence-corrected chi connectivity index (χ3v) is 2.79. The van der Waals surface area contributed by atoms with Gasteiger partial charge in [-0.3, -0.25) is 4.79 Å². The molecule has 1 atom stereocenters. The maximum atomic E-state index is 10.7. The summed E-state index contributed by atoms with van der Waals surface area (Å²) in [5.74, 6) is -0.895. The Balaban J connectivity index is 3.35. The largest absolute Gasteiger partial charge is 0.480 e. The average Bonchev–Trinajstić information content (AvgIpc) is 2.16. The topological polar surface area (TPSA) is 63.3 Å². The molecule has 0 heterocycles. The Labute approximate surface area is 93.0 Å². The molecule has 3 heteroatoms. The number of rotatable bonds is 9. The summed E-state index contributed by atoms with van der Waals surface area (Å²) in [4.78, 5) is 10.7. The van der Waals surface area contributed by atoms with Gasteiger partial charge in [-0.15, -0.1) is 0 Å². The zero-order valence-corrected chi connectivity index (χ0v) is 10.1. The number of carboxylic acids is 1. The molecule has 3 N–H and O–H groups in total. The van der Waals surface area contributed by atoms with Crippen molar-refractivity contribution in [3.63, 3.8) is 0 Å². The molecule has 0 saturated carbocycles. The van der Waals surface area contributed by atoms with Crippen LogP contribution in [0.15, 0.2) is 0 Å². The number of unbranched alkanes of at least 4 members (excludes halogenated alkanes) is 6. The summed E-state index contributed by atoms with van der Waals surface area (Å²) >= 11 is 0. The summed E-state index contributed by atoms with van der Waals surface area (Å²) in [6, 6.07) is 0. The summed E-state index contributed by atoms with van der Waals surface area (Å²) in [5.41, 5.74) is 4.58. The molecule has 0 fully saturated rings. The van der Waals surface area contributed by atoms with Crippen molar-refractivity contribution < 1.29 is 9.90 Å². The van der Waals surface area contributed by atoms with Gasteiger partial charge in [0.25, 0.3) is 0 Å². The minimum absolute atomic E-state index is 0.579. The summed E-state index contributed by atoms with van der Waals surface area (Å²) in [7, 11) is 0. The molecule has 0 saturated heterocycles. The van der Waals surface area contributed by atoms with Crippen molar-refractivity contribution in [2.75, 3.05) is 0 Å². The average molecular weight is 215 g/mol. The Bertz CT molecular complexity index is 178. The standard InChI is InChI=1S/C12H25NO2/c1-3-4-5-6-7-8-9-10-12(2,13)11(14)15/h3-10,13H2,1-2H3,(H,14,15). The zero-order chi connectivity index (χ0) is 11.7. The van der Waals surface area contributed by atoms with Crippen molar-refractivity contribution in [2.45, 2.75) is 70.8 Å². The van der Waals surface area contributed by atoms with Crippen LogP contribution in [-0.4, -0.2) is 16.6 Å². The molecule has 0 aliphatic carbocycles. The maximum absolute atomic E-state index is 10.7. The van der Waals surface area contributed by atoms with Crippen LogP contribution in [0.1, 0.15) is 65.2 Å². The third-order valence-electron chi connectivity index (χ3n) is 2.79. The third kappa shape index (κ3) is 7.37. The minimum Gasteiger partial charge on any atom is -0.480 e. The van der Waals surface area contributed by atoms with E-state index in [0.29, 0.717) is 6.42 Å². The van der Waals surface area contributed by atoms with E-state index in [0.717, 1.165) is 12.8 Å². The highest BCUT2D eigenvalue weighted by atomic mass is 16.4. The van der Waals surface area contributed by atoms with Gasteiger partial charge in [-0.2, -0.15) is 0 Å². The van der Waals surface area contributed by atoms with Crippen LogP contribution in [0.4, 0.5) is 0 Å². The molecule has 0 aliphatic heterocycles. The van der Waals surface area contributed by atoms with Gasteiger partial charge in [0.05, 0.1) is 0 Å². The predicted molar refractivity (Wildman–Crippen MR) is 62.8 cm³/mol. The van der Waals surface area contributed by atoms with Crippen molar-refractivity contribution in [1.82, 2.24) is 0 Å². The molecule has 90 valence electrons. The van der Waals surface area contributed by atoms with Crippen molar-refractivity contribution in [1.29, 1.82) is 0 Å². The number of aliphatic carboxylic acids is 1. The Morgan fingerprint density at radius 1 is 1.13 bits per heavy atom. The fourth-order valence-corrected chi connectivity index (χ4v) is 1.56. The molecule has 0 aliphatic rings. The molecule has 1 unspecified atom stereocenters. The highest BCUT2D eigenvalue weighted by molar-refractivity contribution is 5.77. The Morgan fingerprint density at radius 3 is 2.07 bits per heavy atom. The number of carbonyl (C=O) groups is 1. The summed E-state index contributed by atoms with van der Waals surface area (Å²) in [6.07, 6.45) is 8.95. The molecule has 3 nitrogen and oxygen atoms in total. The van der Waals surface area contributed by atoms with Crippen molar-refractivity contribution in [3.05, 3.63) is 0 Å². The Hall–Kier alpha value is -0.570. The van der Waals surface area contributed by atoms with E-state index in [1.54, 1.807) is 6.92 Å². The molecule has 0 aromatic carbocycles. The van der Waals surface area contributed by atoms with E-state index >= 15 is 0 Å². The lowest BCUT2D eigenvalue weighted by molar-refractivity contribution is -0.142. The molecule has 0 amide bonds. The molecule has 0 spiro atoms. The van der Waals surface area contributed by atoms with Crippen molar-refractivity contribution >= 4 is 5.97 Å². The number of hydrogen-bond donors (Lipinski definition) is 2. The van der Waals surface area contributed by atoms with Gasteiger partial charge >= 0.3 is 5.97 Å². The number of carboxylic acid groups (broad SMARTS) is 1. The fraction of sp³-hybridized carbons (Fsp3) is 0.917. The second-order valence-electron chi connectivity index (χ2n) is 4.59. The highest BCUT2D eigenvalue weighted by Crippen LogP contribution is 2.14. The van der Waals surface area contributed by atoms with E-state index in [1.165, 1.54) is 32.1 Å². The van der Waals surface area contributed by atoms with Crippen LogP contribution in [0.2, 0.25) is 0 Å². The fourth-order valence-electron chi connectivity index (χ4n) is 1.56. The Morgan fingerprint density at radius 2 is 1.60 bits per heavy atom. The van der Waals surface area contributed by atoms with Crippen LogP contribution < -0.4 is 5.73 Å². The number of nitrogens with two attached hydrogens (primary N) is 1. The quantitative estimate of drug-likeness (QED) is 0.581. The van der Waals surface area contributed by atoms with E-state index < -0.39 is 11.5 Å². The second kappa shape index (κ2) is 7.69. The lowest BCUT2D eigenvalue weighted by Crippen LogP contribution is -2.44. The molecular weight excluding hydrogens is 190 g/mol. The molecule has 0 aromatic rings. The van der Waals surface area contributed by atoms with Gasteiger partial charge in [0.2, 0.25) is 0 Å². The first-order valence-corrected chi connectivity index (χ1v) is 6.03. The second-order valence-corrected chi connectivity index (χ2v) is 4.59. The summed E-state index contributed by atoms with van der Waals surface area (Å²) in [5, 5.41) is 8.79. The van der Waals surface area contributed by atoms with Gasteiger partial charge in [0, 0.05) is 0 Å². The van der Waals surface area contributed by atoms with Gasteiger partial charge in [0.15, 0.2) is 0 Å². The predicted octanol–water partition coefficient (Wildman–Crippen LogP) is 2.93. The smallest absolute Gasteiger partial charge is 0.323 e. The summed E-state index contributed by atoms with van der Waals surface area (Å²) < 4.78 is 0. The van der Waals surface area contributed by atoms with E-state index in [-0.39, 0.29) is 0 Å².